The summed E-state index contributed by atoms with van der Waals surface area (Å²) >= 11 is 0. The molecule has 0 saturated carbocycles. The molecule has 1 heterocycles. The van der Waals surface area contributed by atoms with Gasteiger partial charge in [-0.3, -0.25) is 4.90 Å². The van der Waals surface area contributed by atoms with Crippen molar-refractivity contribution in [2.24, 2.45) is 0 Å². The van der Waals surface area contributed by atoms with Gasteiger partial charge in [-0.25, -0.2) is 9.59 Å². The summed E-state index contributed by atoms with van der Waals surface area (Å²) in [6.07, 6.45) is 5.52. The Labute approximate surface area is 169 Å². The Kier molecular flexibility index (Phi) is 8.00. The third kappa shape index (κ3) is 5.93. The lowest BCUT2D eigenvalue weighted by Crippen LogP contribution is -2.47. The van der Waals surface area contributed by atoms with Crippen LogP contribution in [-0.4, -0.2) is 63.2 Å². The average molecular weight is 408 g/mol. The van der Waals surface area contributed by atoms with Gasteiger partial charge in [0.05, 0.1) is 11.8 Å². The van der Waals surface area contributed by atoms with Crippen LogP contribution in [-0.2, 0) is 20.7 Å². The number of aromatic hydroxyl groups is 1. The van der Waals surface area contributed by atoms with Crippen LogP contribution in [0.15, 0.2) is 24.3 Å². The highest BCUT2D eigenvalue weighted by Crippen LogP contribution is 2.39. The monoisotopic (exact) mass is 408 g/mol. The third-order valence-corrected chi connectivity index (χ3v) is 5.25. The zero-order valence-electron chi connectivity index (χ0n) is 16.3. The molecule has 3 atom stereocenters. The van der Waals surface area contributed by atoms with E-state index in [0.717, 1.165) is 43.4 Å². The number of ether oxygens (including phenoxy) is 1. The van der Waals surface area contributed by atoms with Crippen LogP contribution in [0, 0.1) is 0 Å². The summed E-state index contributed by atoms with van der Waals surface area (Å²) in [6, 6.07) is 3.38. The SMILES string of the molecule is CN(C1CCCCO1)C1CCc2c(ccc(O)c2N)C1O.O=C(O)/C=C/C(=O)O. The Balaban J connectivity index is 0.000000321. The number of phenols is 1. The van der Waals surface area contributed by atoms with Crippen LogP contribution in [0.2, 0.25) is 0 Å². The number of aliphatic carboxylic acids is 2. The zero-order valence-corrected chi connectivity index (χ0v) is 16.3. The van der Waals surface area contributed by atoms with Gasteiger partial charge in [0.25, 0.3) is 0 Å². The maximum absolute atomic E-state index is 10.7. The van der Waals surface area contributed by atoms with E-state index in [1.807, 2.05) is 7.05 Å². The van der Waals surface area contributed by atoms with Gasteiger partial charge >= 0.3 is 11.9 Å². The second kappa shape index (κ2) is 10.2. The first-order valence-electron chi connectivity index (χ1n) is 9.48. The molecule has 1 fully saturated rings. The topological polar surface area (TPSA) is 154 Å². The molecule has 29 heavy (non-hydrogen) atoms. The number of fused-ring (bicyclic) bond motifs is 1. The van der Waals surface area contributed by atoms with E-state index in [2.05, 4.69) is 4.90 Å². The number of nitrogen functional groups attached to an aromatic ring is 1. The molecule has 0 radical (unpaired) electrons. The highest BCUT2D eigenvalue weighted by molar-refractivity contribution is 5.89. The molecule has 1 aliphatic carbocycles. The van der Waals surface area contributed by atoms with Crippen molar-refractivity contribution in [3.63, 3.8) is 0 Å². The van der Waals surface area contributed by atoms with Gasteiger partial charge in [-0.05, 0) is 56.3 Å². The molecule has 9 heteroatoms. The highest BCUT2D eigenvalue weighted by Gasteiger charge is 2.35. The number of nitrogens with two attached hydrogens (primary N) is 1. The number of carboxylic acid groups (broad SMARTS) is 2. The van der Waals surface area contributed by atoms with Crippen molar-refractivity contribution in [3.05, 3.63) is 35.4 Å². The van der Waals surface area contributed by atoms with Gasteiger partial charge in [0.1, 0.15) is 12.0 Å². The minimum absolute atomic E-state index is 0.0320. The van der Waals surface area contributed by atoms with Crippen molar-refractivity contribution in [1.82, 2.24) is 4.90 Å². The predicted molar refractivity (Wildman–Crippen MR) is 105 cm³/mol. The first-order chi connectivity index (χ1) is 13.7. The molecule has 2 aliphatic rings. The number of nitrogens with zero attached hydrogens (tertiary/aromatic N) is 1. The second-order valence-electron chi connectivity index (χ2n) is 7.11. The Bertz CT molecular complexity index is 743. The van der Waals surface area contributed by atoms with Crippen LogP contribution >= 0.6 is 0 Å². The number of carboxylic acids is 2. The molecule has 9 nitrogen and oxygen atoms in total. The lowest BCUT2D eigenvalue weighted by Gasteiger charge is -2.41. The number of carbonyl (C=O) groups is 2. The molecule has 0 aromatic heterocycles. The van der Waals surface area contributed by atoms with E-state index in [1.54, 1.807) is 12.1 Å². The van der Waals surface area contributed by atoms with Gasteiger partial charge in [-0.1, -0.05) is 6.07 Å². The fraction of sp³-hybridized carbons (Fsp3) is 0.500. The summed E-state index contributed by atoms with van der Waals surface area (Å²) in [5, 5.41) is 36.0. The van der Waals surface area contributed by atoms with Crippen LogP contribution in [0.25, 0.3) is 0 Å². The molecule has 3 unspecified atom stereocenters. The Morgan fingerprint density at radius 1 is 1.17 bits per heavy atom. The van der Waals surface area contributed by atoms with Crippen molar-refractivity contribution in [3.8, 4) is 5.75 Å². The van der Waals surface area contributed by atoms with Crippen LogP contribution in [0.1, 0.15) is 42.9 Å². The quantitative estimate of drug-likeness (QED) is 0.283. The van der Waals surface area contributed by atoms with E-state index in [9.17, 15) is 19.8 Å². The molecule has 0 bridgehead atoms. The molecule has 1 saturated heterocycles. The Morgan fingerprint density at radius 3 is 2.38 bits per heavy atom. The van der Waals surface area contributed by atoms with Crippen LogP contribution in [0.4, 0.5) is 5.69 Å². The summed E-state index contributed by atoms with van der Waals surface area (Å²) in [6.45, 7) is 0.801. The molecule has 1 aromatic rings. The van der Waals surface area contributed by atoms with Crippen molar-refractivity contribution < 1.29 is 34.8 Å². The summed E-state index contributed by atoms with van der Waals surface area (Å²) in [5.41, 5.74) is 8.06. The minimum Gasteiger partial charge on any atom is -0.506 e. The molecular formula is C20H28N2O7. The van der Waals surface area contributed by atoms with E-state index in [1.165, 1.54) is 6.42 Å². The summed E-state index contributed by atoms with van der Waals surface area (Å²) in [7, 11) is 2.03. The van der Waals surface area contributed by atoms with Gasteiger partial charge in [0, 0.05) is 24.8 Å². The Morgan fingerprint density at radius 2 is 1.83 bits per heavy atom. The van der Waals surface area contributed by atoms with E-state index < -0.39 is 18.0 Å². The molecule has 1 aromatic carbocycles. The number of likely N-dealkylation sites (N-methyl/N-ethyl adjacent to an activating group) is 1. The average Bonchev–Trinajstić information content (AvgIpc) is 2.70. The fourth-order valence-corrected chi connectivity index (χ4v) is 3.71. The first-order valence-corrected chi connectivity index (χ1v) is 9.48. The first kappa shape index (κ1) is 22.7. The number of rotatable bonds is 4. The molecule has 1 aliphatic heterocycles. The van der Waals surface area contributed by atoms with Crippen LogP contribution in [0.5, 0.6) is 5.75 Å². The smallest absolute Gasteiger partial charge is 0.328 e. The van der Waals surface area contributed by atoms with Gasteiger partial charge in [0.2, 0.25) is 0 Å². The third-order valence-electron chi connectivity index (χ3n) is 5.25. The van der Waals surface area contributed by atoms with Gasteiger partial charge in [-0.15, -0.1) is 0 Å². The number of hydrogen-bond donors (Lipinski definition) is 5. The largest absolute Gasteiger partial charge is 0.506 e. The lowest BCUT2D eigenvalue weighted by molar-refractivity contribution is -0.134. The molecule has 3 rings (SSSR count). The zero-order chi connectivity index (χ0) is 21.6. The molecule has 0 amide bonds. The number of hydrogen-bond acceptors (Lipinski definition) is 7. The molecule has 6 N–H and O–H groups in total. The summed E-state index contributed by atoms with van der Waals surface area (Å²) < 4.78 is 5.82. The van der Waals surface area contributed by atoms with E-state index in [0.29, 0.717) is 17.8 Å². The summed E-state index contributed by atoms with van der Waals surface area (Å²) in [4.78, 5) is 21.3. The molecule has 0 spiro atoms. The molecule has 160 valence electrons. The normalized spacial score (nSPS) is 23.9. The predicted octanol–water partition coefficient (Wildman–Crippen LogP) is 1.49. The highest BCUT2D eigenvalue weighted by atomic mass is 16.5. The number of aliphatic hydroxyl groups is 1. The number of phenolic OH excluding ortho intramolecular Hbond substituents is 1. The van der Waals surface area contributed by atoms with E-state index in [-0.39, 0.29) is 18.0 Å². The van der Waals surface area contributed by atoms with Crippen LogP contribution in [0.3, 0.4) is 0 Å². The maximum atomic E-state index is 10.7. The summed E-state index contributed by atoms with van der Waals surface area (Å²) in [5.74, 6) is -2.41. The fourth-order valence-electron chi connectivity index (χ4n) is 3.71. The number of anilines is 1. The minimum atomic E-state index is -1.26. The van der Waals surface area contributed by atoms with Crippen molar-refractivity contribution in [2.75, 3.05) is 19.4 Å². The molecular weight excluding hydrogens is 380 g/mol. The lowest BCUT2D eigenvalue weighted by atomic mass is 9.84. The van der Waals surface area contributed by atoms with Crippen molar-refractivity contribution in [2.45, 2.75) is 50.5 Å². The van der Waals surface area contributed by atoms with Crippen LogP contribution < -0.4 is 5.73 Å². The Hall–Kier alpha value is -2.62. The van der Waals surface area contributed by atoms with Crippen molar-refractivity contribution >= 4 is 17.6 Å². The standard InChI is InChI=1S/C16H24N2O3.C4H4O4/c1-18(14-4-2-3-9-21-14)12-7-5-10-11(16(12)20)6-8-13(19)15(10)17;5-3(6)1-2-4(7)8/h6,8,12,14,16,19-20H,2-5,7,9,17H2,1H3;1-2H,(H,5,6)(H,7,8)/b;2-1+. The van der Waals surface area contributed by atoms with Crippen molar-refractivity contribution in [1.29, 1.82) is 0 Å². The maximum Gasteiger partial charge on any atom is 0.328 e. The van der Waals surface area contributed by atoms with Gasteiger partial charge in [-0.2, -0.15) is 0 Å². The van der Waals surface area contributed by atoms with Gasteiger partial charge in [0.15, 0.2) is 0 Å². The second-order valence-corrected chi connectivity index (χ2v) is 7.11. The van der Waals surface area contributed by atoms with E-state index >= 15 is 0 Å². The number of aliphatic hydroxyl groups excluding tert-OH is 1. The van der Waals surface area contributed by atoms with Gasteiger partial charge < -0.3 is 30.9 Å². The number of benzene rings is 1. The van der Waals surface area contributed by atoms with E-state index in [4.69, 9.17) is 20.7 Å².